The van der Waals surface area contributed by atoms with Gasteiger partial charge in [-0.1, -0.05) is 24.3 Å². The number of aliphatic hydroxyl groups excluding tert-OH is 1. The summed E-state index contributed by atoms with van der Waals surface area (Å²) in [6.45, 7) is 1.71. The molecule has 1 unspecified atom stereocenters. The molecule has 0 saturated carbocycles. The minimum atomic E-state index is -0.785. The van der Waals surface area contributed by atoms with Gasteiger partial charge >= 0.3 is 0 Å². The van der Waals surface area contributed by atoms with E-state index in [1.54, 1.807) is 47.1 Å². The largest absolute Gasteiger partial charge is 0.507 e. The lowest BCUT2D eigenvalue weighted by atomic mass is 10.0. The number of anilines is 2. The zero-order chi connectivity index (χ0) is 28.7. The van der Waals surface area contributed by atoms with E-state index in [1.807, 2.05) is 24.3 Å². The van der Waals surface area contributed by atoms with Gasteiger partial charge in [-0.3, -0.25) is 9.59 Å². The lowest BCUT2D eigenvalue weighted by Crippen LogP contribution is -2.47. The molecule has 2 atom stereocenters. The maximum absolute atomic E-state index is 13.3. The minimum Gasteiger partial charge on any atom is -0.507 e. The van der Waals surface area contributed by atoms with Gasteiger partial charge in [0, 0.05) is 44.1 Å². The van der Waals surface area contributed by atoms with Crippen LogP contribution in [0, 0.1) is 0 Å². The van der Waals surface area contributed by atoms with Gasteiger partial charge in [-0.25, -0.2) is 0 Å². The molecule has 0 aliphatic carbocycles. The molecular weight excluding hydrogens is 522 g/mol. The molecule has 3 heterocycles. The average Bonchev–Trinajstić information content (AvgIpc) is 3.64. The second-order valence-corrected chi connectivity index (χ2v) is 11.1. The maximum Gasteiger partial charge on any atom is 0.256 e. The first-order valence-electron chi connectivity index (χ1n) is 14.5. The van der Waals surface area contributed by atoms with Crippen LogP contribution in [0.4, 0.5) is 11.4 Å². The van der Waals surface area contributed by atoms with Crippen molar-refractivity contribution in [3.8, 4) is 17.2 Å². The second-order valence-electron chi connectivity index (χ2n) is 11.1. The molecule has 1 fully saturated rings. The standard InChI is InChI=1S/C32H37N3O6/c1-33-25-19-29(28(40-2)17-23(25)31(38)35-14-8-11-24(35)32(33)39)41-16-7-3-4-12-30(37)34-15-13-21-20-9-5-6-10-22(20)27(36)18-26(21)34/h5-6,9-10,17-19,24,32,36,39H,3-4,7-8,11-16H2,1-2H3/t24-,32?/m0/s1. The molecule has 6 rings (SSSR count). The van der Waals surface area contributed by atoms with E-state index in [-0.39, 0.29) is 23.6 Å². The number of methoxy groups -OCH3 is 1. The summed E-state index contributed by atoms with van der Waals surface area (Å²) in [7, 11) is 3.35. The van der Waals surface area contributed by atoms with Crippen molar-refractivity contribution in [3.05, 3.63) is 53.6 Å². The average molecular weight is 560 g/mol. The summed E-state index contributed by atoms with van der Waals surface area (Å²) in [5, 5.41) is 23.3. The summed E-state index contributed by atoms with van der Waals surface area (Å²) in [6, 6.07) is 12.8. The van der Waals surface area contributed by atoms with Gasteiger partial charge in [0.2, 0.25) is 5.91 Å². The molecule has 9 heteroatoms. The zero-order valence-corrected chi connectivity index (χ0v) is 23.6. The SMILES string of the molecule is COc1cc2c(cc1OCCCCCC(=O)N1CCc3c1cc(O)c1ccccc31)N(C)C(O)[C@@H]1CCCN1C2=O. The van der Waals surface area contributed by atoms with Crippen molar-refractivity contribution in [2.24, 2.45) is 0 Å². The van der Waals surface area contributed by atoms with Crippen LogP contribution in [0.5, 0.6) is 17.2 Å². The number of aromatic hydroxyl groups is 1. The van der Waals surface area contributed by atoms with Crippen LogP contribution in [-0.2, 0) is 11.2 Å². The number of rotatable bonds is 8. The highest BCUT2D eigenvalue weighted by molar-refractivity contribution is 6.03. The third-order valence-electron chi connectivity index (χ3n) is 8.77. The Morgan fingerprint density at radius 3 is 2.63 bits per heavy atom. The number of amides is 2. The number of phenolic OH excluding ortho intramolecular Hbond substituents is 1. The van der Waals surface area contributed by atoms with E-state index >= 15 is 0 Å². The van der Waals surface area contributed by atoms with Crippen LogP contribution in [0.15, 0.2) is 42.5 Å². The second kappa shape index (κ2) is 11.1. The molecule has 0 spiro atoms. The number of carbonyl (C=O) groups is 2. The van der Waals surface area contributed by atoms with Crippen molar-refractivity contribution < 1.29 is 29.3 Å². The fraction of sp³-hybridized carbons (Fsp3) is 0.438. The van der Waals surface area contributed by atoms with Gasteiger partial charge in [0.05, 0.1) is 36.7 Å². The summed E-state index contributed by atoms with van der Waals surface area (Å²) >= 11 is 0. The van der Waals surface area contributed by atoms with Gasteiger partial charge in [-0.2, -0.15) is 0 Å². The topological polar surface area (TPSA) is 103 Å². The van der Waals surface area contributed by atoms with Crippen LogP contribution in [0.3, 0.4) is 0 Å². The van der Waals surface area contributed by atoms with Crippen LogP contribution < -0.4 is 19.3 Å². The van der Waals surface area contributed by atoms with Crippen LogP contribution >= 0.6 is 0 Å². The molecule has 2 N–H and O–H groups in total. The van der Waals surface area contributed by atoms with Crippen LogP contribution in [0.2, 0.25) is 0 Å². The van der Waals surface area contributed by atoms with Crippen LogP contribution in [0.25, 0.3) is 10.8 Å². The molecule has 0 radical (unpaired) electrons. The van der Waals surface area contributed by atoms with Gasteiger partial charge in [-0.15, -0.1) is 0 Å². The highest BCUT2D eigenvalue weighted by atomic mass is 16.5. The van der Waals surface area contributed by atoms with Gasteiger partial charge in [-0.05, 0) is 55.5 Å². The third kappa shape index (κ3) is 4.82. The number of benzene rings is 3. The van der Waals surface area contributed by atoms with E-state index in [1.165, 1.54) is 0 Å². The molecule has 0 aromatic heterocycles. The number of likely N-dealkylation sites (N-methyl/N-ethyl adjacent to an activating group) is 1. The van der Waals surface area contributed by atoms with Crippen LogP contribution in [-0.4, -0.2) is 73.1 Å². The summed E-state index contributed by atoms with van der Waals surface area (Å²) in [5.74, 6) is 1.19. The Balaban J connectivity index is 1.05. The molecule has 1 saturated heterocycles. The number of aliphatic hydroxyl groups is 1. The fourth-order valence-electron chi connectivity index (χ4n) is 6.58. The Kier molecular flexibility index (Phi) is 7.38. The van der Waals surface area contributed by atoms with Gasteiger partial charge < -0.3 is 34.4 Å². The first-order chi connectivity index (χ1) is 19.9. The molecule has 9 nitrogen and oxygen atoms in total. The Morgan fingerprint density at radius 2 is 1.83 bits per heavy atom. The zero-order valence-electron chi connectivity index (χ0n) is 23.6. The van der Waals surface area contributed by atoms with E-state index in [2.05, 4.69) is 0 Å². The fourth-order valence-corrected chi connectivity index (χ4v) is 6.58. The number of ether oxygens (including phenoxy) is 2. The number of unbranched alkanes of at least 4 members (excludes halogenated alkanes) is 2. The summed E-state index contributed by atoms with van der Waals surface area (Å²) in [4.78, 5) is 31.6. The molecule has 3 aromatic carbocycles. The number of phenols is 1. The smallest absolute Gasteiger partial charge is 0.256 e. The number of hydrogen-bond acceptors (Lipinski definition) is 7. The van der Waals surface area contributed by atoms with Crippen molar-refractivity contribution in [1.82, 2.24) is 4.90 Å². The van der Waals surface area contributed by atoms with Gasteiger partial charge in [0.1, 0.15) is 12.0 Å². The molecule has 216 valence electrons. The molecular formula is C32H37N3O6. The first kappa shape index (κ1) is 27.2. The van der Waals surface area contributed by atoms with Crippen molar-refractivity contribution in [2.45, 2.75) is 57.2 Å². The molecule has 3 aliphatic heterocycles. The number of hydrogen-bond donors (Lipinski definition) is 2. The van der Waals surface area contributed by atoms with Gasteiger partial charge in [0.15, 0.2) is 11.5 Å². The van der Waals surface area contributed by atoms with Crippen molar-refractivity contribution in [1.29, 1.82) is 0 Å². The first-order valence-corrected chi connectivity index (χ1v) is 14.5. The maximum atomic E-state index is 13.3. The van der Waals surface area contributed by atoms with E-state index in [4.69, 9.17) is 9.47 Å². The summed E-state index contributed by atoms with van der Waals surface area (Å²) in [5.41, 5.74) is 3.07. The number of carbonyl (C=O) groups excluding carboxylic acids is 2. The molecule has 41 heavy (non-hydrogen) atoms. The predicted molar refractivity (Wildman–Crippen MR) is 157 cm³/mol. The third-order valence-corrected chi connectivity index (χ3v) is 8.77. The van der Waals surface area contributed by atoms with Crippen LogP contribution in [0.1, 0.15) is 54.4 Å². The lowest BCUT2D eigenvalue weighted by molar-refractivity contribution is -0.118. The van der Waals surface area contributed by atoms with Crippen molar-refractivity contribution in [3.63, 3.8) is 0 Å². The molecule has 3 aliphatic rings. The monoisotopic (exact) mass is 559 g/mol. The van der Waals surface area contributed by atoms with Crippen molar-refractivity contribution >= 4 is 34.0 Å². The van der Waals surface area contributed by atoms with E-state index in [9.17, 15) is 19.8 Å². The quantitative estimate of drug-likeness (QED) is 0.393. The van der Waals surface area contributed by atoms with E-state index in [0.29, 0.717) is 48.9 Å². The van der Waals surface area contributed by atoms with Gasteiger partial charge in [0.25, 0.3) is 5.91 Å². The normalized spacial score (nSPS) is 19.7. The molecule has 0 bridgehead atoms. The summed E-state index contributed by atoms with van der Waals surface area (Å²) in [6.07, 6.45) is 4.39. The Labute approximate surface area is 239 Å². The molecule has 3 aromatic rings. The lowest BCUT2D eigenvalue weighted by Gasteiger charge is -2.31. The Morgan fingerprint density at radius 1 is 1.02 bits per heavy atom. The summed E-state index contributed by atoms with van der Waals surface area (Å²) < 4.78 is 11.6. The Bertz CT molecular complexity index is 1490. The molecule has 2 amide bonds. The minimum absolute atomic E-state index is 0.0681. The number of nitrogens with zero attached hydrogens (tertiary/aromatic N) is 3. The predicted octanol–water partition coefficient (Wildman–Crippen LogP) is 4.46. The van der Waals surface area contributed by atoms with E-state index < -0.39 is 6.23 Å². The van der Waals surface area contributed by atoms with E-state index in [0.717, 1.165) is 60.5 Å². The highest BCUT2D eigenvalue weighted by Gasteiger charge is 2.41. The number of fused-ring (bicyclic) bond motifs is 5. The highest BCUT2D eigenvalue weighted by Crippen LogP contribution is 2.41. The van der Waals surface area contributed by atoms with Crippen molar-refractivity contribution in [2.75, 3.05) is 43.7 Å². The Hall–Kier alpha value is -3.98.